The summed E-state index contributed by atoms with van der Waals surface area (Å²) >= 11 is 6.19. The van der Waals surface area contributed by atoms with Gasteiger partial charge in [0.25, 0.3) is 5.92 Å². The molecule has 206 valence electrons. The zero-order chi connectivity index (χ0) is 28.3. The summed E-state index contributed by atoms with van der Waals surface area (Å²) in [7, 11) is -3.47. The highest BCUT2D eigenvalue weighted by Gasteiger charge is 2.42. The van der Waals surface area contributed by atoms with Crippen LogP contribution in [0.1, 0.15) is 25.2 Å². The van der Waals surface area contributed by atoms with Crippen molar-refractivity contribution in [1.29, 1.82) is 0 Å². The Morgan fingerprint density at radius 1 is 1.32 bits per heavy atom. The lowest BCUT2D eigenvalue weighted by Crippen LogP contribution is -2.46. The number of sulfonamides is 1. The molecule has 0 saturated carbocycles. The van der Waals surface area contributed by atoms with Crippen molar-refractivity contribution >= 4 is 39.2 Å². The fourth-order valence-corrected chi connectivity index (χ4v) is 3.83. The van der Waals surface area contributed by atoms with E-state index in [0.29, 0.717) is 5.56 Å². The molecule has 0 aliphatic carbocycles. The number of benzene rings is 1. The van der Waals surface area contributed by atoms with Crippen LogP contribution >= 0.6 is 11.6 Å². The maximum absolute atomic E-state index is 13.4. The number of carbonyl (C=O) groups is 2. The summed E-state index contributed by atoms with van der Waals surface area (Å²) in [5.74, 6) is -6.85. The number of nitrogens with two attached hydrogens (primary N) is 1. The Balaban J connectivity index is 0.000000604. The topological polar surface area (TPSA) is 169 Å². The molecule has 2 heterocycles. The SMILES string of the molecule is C[C@H](c1nc(-c2ccc(NS(C)(=O)=O)cc2Cl)no1)[C@H](N)C(=O)N1CCC(F)(F)C1.O=C(O)C(F)(F)F. The van der Waals surface area contributed by atoms with Crippen molar-refractivity contribution in [2.24, 2.45) is 5.73 Å². The van der Waals surface area contributed by atoms with Crippen LogP contribution in [0.25, 0.3) is 11.4 Å². The minimum absolute atomic E-state index is 0.0474. The van der Waals surface area contributed by atoms with Crippen molar-refractivity contribution in [1.82, 2.24) is 15.0 Å². The summed E-state index contributed by atoms with van der Waals surface area (Å²) in [5, 5.41) is 11.1. The normalized spacial score (nSPS) is 16.9. The van der Waals surface area contributed by atoms with E-state index in [1.165, 1.54) is 18.2 Å². The molecule has 2 atom stereocenters. The largest absolute Gasteiger partial charge is 0.490 e. The third-order valence-corrected chi connectivity index (χ3v) is 5.81. The molecule has 1 aliphatic rings. The molecule has 0 unspecified atom stereocenters. The van der Waals surface area contributed by atoms with Crippen LogP contribution in [0.3, 0.4) is 0 Å². The van der Waals surface area contributed by atoms with E-state index in [1.54, 1.807) is 6.92 Å². The number of halogens is 6. The van der Waals surface area contributed by atoms with E-state index in [-0.39, 0.29) is 29.0 Å². The van der Waals surface area contributed by atoms with Gasteiger partial charge >= 0.3 is 12.1 Å². The van der Waals surface area contributed by atoms with Crippen LogP contribution in [0.5, 0.6) is 0 Å². The number of rotatable bonds is 6. The van der Waals surface area contributed by atoms with E-state index in [0.717, 1.165) is 11.2 Å². The van der Waals surface area contributed by atoms with Crippen molar-refractivity contribution in [3.8, 4) is 11.4 Å². The molecule has 2 aromatic rings. The zero-order valence-electron chi connectivity index (χ0n) is 19.1. The fourth-order valence-electron chi connectivity index (χ4n) is 3.01. The molecule has 1 saturated heterocycles. The third kappa shape index (κ3) is 8.50. The predicted molar refractivity (Wildman–Crippen MR) is 119 cm³/mol. The smallest absolute Gasteiger partial charge is 0.475 e. The minimum Gasteiger partial charge on any atom is -0.475 e. The standard InChI is InChI=1S/C17H20ClF2N5O4S.C2HF3O2/c1-9(13(21)16(26)25-6-5-17(19,20)8-25)15-22-14(23-29-15)11-4-3-10(7-12(11)18)24-30(2,27)28;3-2(4,5)1(6)7/h3-4,7,9,13,24H,5-6,8,21H2,1-2H3;(H,6,7)/t9-,13-;/m0./s1. The summed E-state index contributed by atoms with van der Waals surface area (Å²) in [4.78, 5) is 26.6. The molecule has 1 aromatic heterocycles. The molecular formula is C19H21ClF5N5O6S. The minimum atomic E-state index is -5.08. The Kier molecular flexibility index (Phi) is 9.08. The van der Waals surface area contributed by atoms with Crippen molar-refractivity contribution in [2.45, 2.75) is 37.4 Å². The molecule has 0 spiro atoms. The third-order valence-electron chi connectivity index (χ3n) is 4.89. The number of nitrogens with one attached hydrogen (secondary N) is 1. The number of likely N-dealkylation sites (tertiary alicyclic amines) is 1. The van der Waals surface area contributed by atoms with Crippen molar-refractivity contribution in [3.63, 3.8) is 0 Å². The van der Waals surface area contributed by atoms with E-state index in [1.807, 2.05) is 0 Å². The van der Waals surface area contributed by atoms with Gasteiger partial charge in [-0.1, -0.05) is 23.7 Å². The van der Waals surface area contributed by atoms with Gasteiger partial charge in [-0.05, 0) is 18.2 Å². The molecule has 3 rings (SSSR count). The lowest BCUT2D eigenvalue weighted by molar-refractivity contribution is -0.192. The number of anilines is 1. The van der Waals surface area contributed by atoms with Crippen LogP contribution in [0.15, 0.2) is 22.7 Å². The summed E-state index contributed by atoms with van der Waals surface area (Å²) < 4.78 is 88.6. The van der Waals surface area contributed by atoms with Crippen molar-refractivity contribution < 1.29 is 49.6 Å². The number of aromatic nitrogens is 2. The zero-order valence-corrected chi connectivity index (χ0v) is 20.7. The Morgan fingerprint density at radius 3 is 2.38 bits per heavy atom. The summed E-state index contributed by atoms with van der Waals surface area (Å²) in [6.45, 7) is 0.852. The van der Waals surface area contributed by atoms with Gasteiger partial charge in [0.05, 0.1) is 29.8 Å². The van der Waals surface area contributed by atoms with Gasteiger partial charge in [-0.2, -0.15) is 18.2 Å². The first-order valence-electron chi connectivity index (χ1n) is 10.1. The van der Waals surface area contributed by atoms with Gasteiger partial charge in [0.2, 0.25) is 27.6 Å². The quantitative estimate of drug-likeness (QED) is 0.437. The van der Waals surface area contributed by atoms with Gasteiger partial charge in [0, 0.05) is 24.2 Å². The number of hydrogen-bond donors (Lipinski definition) is 3. The molecule has 4 N–H and O–H groups in total. The number of carboxylic acids is 1. The second-order valence-electron chi connectivity index (χ2n) is 8.01. The molecule has 11 nitrogen and oxygen atoms in total. The maximum atomic E-state index is 13.4. The molecule has 37 heavy (non-hydrogen) atoms. The number of carbonyl (C=O) groups excluding carboxylic acids is 1. The van der Waals surface area contributed by atoms with Crippen LogP contribution in [0.2, 0.25) is 5.02 Å². The first-order chi connectivity index (χ1) is 16.8. The monoisotopic (exact) mass is 577 g/mol. The lowest BCUT2D eigenvalue weighted by atomic mass is 10.0. The summed E-state index contributed by atoms with van der Waals surface area (Å²) in [5.41, 5.74) is 6.60. The van der Waals surface area contributed by atoms with Crippen LogP contribution in [0, 0.1) is 0 Å². The first kappa shape index (κ1) is 30.2. The predicted octanol–water partition coefficient (Wildman–Crippen LogP) is 2.69. The molecule has 1 fully saturated rings. The molecule has 1 amide bonds. The Hall–Kier alpha value is -3.05. The van der Waals surface area contributed by atoms with E-state index < -0.39 is 58.9 Å². The van der Waals surface area contributed by atoms with Gasteiger partial charge in [0.15, 0.2) is 0 Å². The highest BCUT2D eigenvalue weighted by Crippen LogP contribution is 2.31. The highest BCUT2D eigenvalue weighted by atomic mass is 35.5. The van der Waals surface area contributed by atoms with E-state index >= 15 is 0 Å². The molecule has 0 bridgehead atoms. The van der Waals surface area contributed by atoms with Gasteiger partial charge < -0.3 is 20.3 Å². The van der Waals surface area contributed by atoms with E-state index in [4.69, 9.17) is 31.8 Å². The summed E-state index contributed by atoms with van der Waals surface area (Å²) in [6, 6.07) is 3.24. The van der Waals surface area contributed by atoms with Crippen molar-refractivity contribution in [3.05, 3.63) is 29.1 Å². The average molecular weight is 578 g/mol. The van der Waals surface area contributed by atoms with Crippen LogP contribution in [0.4, 0.5) is 27.6 Å². The lowest BCUT2D eigenvalue weighted by Gasteiger charge is -2.22. The highest BCUT2D eigenvalue weighted by molar-refractivity contribution is 7.92. The number of nitrogens with zero attached hydrogens (tertiary/aromatic N) is 3. The number of amides is 1. The molecular weight excluding hydrogens is 557 g/mol. The van der Waals surface area contributed by atoms with E-state index in [2.05, 4.69) is 14.9 Å². The second kappa shape index (κ2) is 11.1. The Labute approximate surface area is 211 Å². The van der Waals surface area contributed by atoms with Gasteiger partial charge in [0.1, 0.15) is 0 Å². The van der Waals surface area contributed by atoms with E-state index in [9.17, 15) is 35.2 Å². The Bertz CT molecular complexity index is 1260. The maximum Gasteiger partial charge on any atom is 0.490 e. The second-order valence-corrected chi connectivity index (χ2v) is 10.2. The van der Waals surface area contributed by atoms with Crippen LogP contribution in [-0.4, -0.2) is 77.9 Å². The molecule has 18 heteroatoms. The number of aliphatic carboxylic acids is 1. The number of hydrogen-bond acceptors (Lipinski definition) is 8. The van der Waals surface area contributed by atoms with Crippen LogP contribution < -0.4 is 10.5 Å². The number of carboxylic acid groups (broad SMARTS) is 1. The van der Waals surface area contributed by atoms with Gasteiger partial charge in [-0.25, -0.2) is 22.0 Å². The molecule has 0 radical (unpaired) electrons. The van der Waals surface area contributed by atoms with Crippen molar-refractivity contribution in [2.75, 3.05) is 24.1 Å². The number of alkyl halides is 5. The molecule has 1 aromatic carbocycles. The molecule has 1 aliphatic heterocycles. The fraction of sp³-hybridized carbons (Fsp3) is 0.474. The summed E-state index contributed by atoms with van der Waals surface area (Å²) in [6.07, 6.45) is -4.47. The van der Waals surface area contributed by atoms with Crippen LogP contribution in [-0.2, 0) is 19.6 Å². The first-order valence-corrected chi connectivity index (χ1v) is 12.4. The van der Waals surface area contributed by atoms with Gasteiger partial charge in [-0.15, -0.1) is 0 Å². The Morgan fingerprint density at radius 2 is 1.92 bits per heavy atom. The average Bonchev–Trinajstić information content (AvgIpc) is 3.37. The van der Waals surface area contributed by atoms with Gasteiger partial charge in [-0.3, -0.25) is 9.52 Å².